The topological polar surface area (TPSA) is 39.8 Å². The first-order valence-corrected chi connectivity index (χ1v) is 12.8. The summed E-state index contributed by atoms with van der Waals surface area (Å²) in [6.45, 7) is 4.97. The number of ether oxygens (including phenoxy) is 1. The molecule has 0 radical (unpaired) electrons. The largest absolute Gasteiger partial charge is 0.369 e. The highest BCUT2D eigenvalue weighted by molar-refractivity contribution is 7.80. The zero-order valence-electron chi connectivity index (χ0n) is 20.5. The van der Waals surface area contributed by atoms with E-state index in [2.05, 4.69) is 20.7 Å². The van der Waals surface area contributed by atoms with Crippen LogP contribution in [0.5, 0.6) is 0 Å². The quantitative estimate of drug-likeness (QED) is 0.206. The van der Waals surface area contributed by atoms with Crippen LogP contribution in [0.25, 0.3) is 0 Å². The number of unbranched alkanes of at least 4 members (excludes halogenated alkanes) is 1. The molecular weight excluding hydrogens is 497 g/mol. The number of halogens is 3. The molecule has 1 aliphatic rings. The minimum Gasteiger partial charge on any atom is -0.369 e. The van der Waals surface area contributed by atoms with Gasteiger partial charge in [-0.15, -0.1) is 0 Å². The summed E-state index contributed by atoms with van der Waals surface area (Å²) in [6.07, 6.45) is 1.48. The molecule has 1 aliphatic heterocycles. The number of hydrogen-bond acceptors (Lipinski definition) is 4. The molecule has 0 amide bonds. The molecule has 196 valence electrons. The number of hydrogen-bond donors (Lipinski definition) is 2. The van der Waals surface area contributed by atoms with Crippen LogP contribution in [-0.2, 0) is 4.74 Å². The molecule has 37 heavy (non-hydrogen) atoms. The van der Waals surface area contributed by atoms with Gasteiger partial charge in [-0.3, -0.25) is 15.8 Å². The lowest BCUT2D eigenvalue weighted by Crippen LogP contribution is -2.52. The first-order valence-electron chi connectivity index (χ1n) is 12.4. The summed E-state index contributed by atoms with van der Waals surface area (Å²) in [5.74, 6) is -0.888. The lowest BCUT2D eigenvalue weighted by Gasteiger charge is -2.36. The SMILES string of the molecule is Fc1ccc(NNC(=S)N2CCN(CCCCOC(c3ccc(F)cc3)c3ccc(F)cc3)CC2)cc1. The minimum absolute atomic E-state index is 0.281. The van der Waals surface area contributed by atoms with Crippen molar-refractivity contribution >= 4 is 23.0 Å². The summed E-state index contributed by atoms with van der Waals surface area (Å²) in [6, 6.07) is 18.5. The molecule has 0 bridgehead atoms. The summed E-state index contributed by atoms with van der Waals surface area (Å²) in [4.78, 5) is 4.52. The molecule has 3 aromatic rings. The Bertz CT molecular complexity index is 1080. The summed E-state index contributed by atoms with van der Waals surface area (Å²) < 4.78 is 46.0. The van der Waals surface area contributed by atoms with E-state index in [0.717, 1.165) is 62.4 Å². The summed E-state index contributed by atoms with van der Waals surface area (Å²) in [5, 5.41) is 0.616. The molecule has 4 rings (SSSR count). The maximum Gasteiger partial charge on any atom is 0.187 e. The molecule has 1 heterocycles. The highest BCUT2D eigenvalue weighted by Crippen LogP contribution is 2.27. The average molecular weight is 529 g/mol. The van der Waals surface area contributed by atoms with Gasteiger partial charge in [0.15, 0.2) is 5.11 Å². The Hall–Kier alpha value is -3.14. The lowest BCUT2D eigenvalue weighted by atomic mass is 10.0. The third-order valence-corrected chi connectivity index (χ3v) is 6.68. The second-order valence-corrected chi connectivity index (χ2v) is 9.34. The number of rotatable bonds is 10. The van der Waals surface area contributed by atoms with Crippen LogP contribution in [0, 0.1) is 17.5 Å². The van der Waals surface area contributed by atoms with Crippen LogP contribution < -0.4 is 10.9 Å². The van der Waals surface area contributed by atoms with Gasteiger partial charge in [-0.2, -0.15) is 0 Å². The van der Waals surface area contributed by atoms with Crippen molar-refractivity contribution in [3.8, 4) is 0 Å². The van der Waals surface area contributed by atoms with Crippen molar-refractivity contribution in [2.24, 2.45) is 0 Å². The molecule has 0 saturated carbocycles. The van der Waals surface area contributed by atoms with Crippen molar-refractivity contribution in [1.82, 2.24) is 15.2 Å². The third kappa shape index (κ3) is 8.18. The van der Waals surface area contributed by atoms with E-state index in [-0.39, 0.29) is 23.6 Å². The average Bonchev–Trinajstić information content (AvgIpc) is 2.92. The van der Waals surface area contributed by atoms with E-state index in [9.17, 15) is 13.2 Å². The number of thiocarbonyl (C=S) groups is 1. The molecule has 0 spiro atoms. The third-order valence-electron chi connectivity index (χ3n) is 6.32. The molecule has 9 heteroatoms. The van der Waals surface area contributed by atoms with Crippen molar-refractivity contribution in [2.45, 2.75) is 18.9 Å². The Morgan fingerprint density at radius 1 is 0.757 bits per heavy atom. The highest BCUT2D eigenvalue weighted by Gasteiger charge is 2.19. The molecule has 3 aromatic carbocycles. The van der Waals surface area contributed by atoms with Crippen molar-refractivity contribution in [1.29, 1.82) is 0 Å². The van der Waals surface area contributed by atoms with Gasteiger partial charge in [0.2, 0.25) is 0 Å². The first kappa shape index (κ1) is 26.9. The predicted octanol–water partition coefficient (Wildman–Crippen LogP) is 5.51. The van der Waals surface area contributed by atoms with Crippen LogP contribution in [0.3, 0.4) is 0 Å². The fourth-order valence-corrected chi connectivity index (χ4v) is 4.44. The monoisotopic (exact) mass is 528 g/mol. The molecule has 0 aromatic heterocycles. The number of benzene rings is 3. The standard InChI is InChI=1S/C28H31F3N4OS/c29-23-7-3-21(4-8-23)27(22-5-9-24(30)10-6-22)36-20-2-1-15-34-16-18-35(19-17-34)28(37)33-32-26-13-11-25(31)12-14-26/h3-14,27,32H,1-2,15-20H2,(H,33,37). The van der Waals surface area contributed by atoms with E-state index in [1.807, 2.05) is 0 Å². The maximum absolute atomic E-state index is 13.4. The molecule has 0 atom stereocenters. The molecular formula is C28H31F3N4OS. The Kier molecular flexibility index (Phi) is 9.76. The number of nitrogens with zero attached hydrogens (tertiary/aromatic N) is 2. The number of anilines is 1. The van der Waals surface area contributed by atoms with Gasteiger partial charge in [-0.05, 0) is 91.3 Å². The minimum atomic E-state index is -0.373. The normalized spacial score (nSPS) is 14.1. The lowest BCUT2D eigenvalue weighted by molar-refractivity contribution is 0.0741. The summed E-state index contributed by atoms with van der Waals surface area (Å²) in [5.41, 5.74) is 8.43. The van der Waals surface area contributed by atoms with Gasteiger partial charge in [0.05, 0.1) is 5.69 Å². The van der Waals surface area contributed by atoms with Crippen LogP contribution in [0.15, 0.2) is 72.8 Å². The molecule has 5 nitrogen and oxygen atoms in total. The smallest absolute Gasteiger partial charge is 0.187 e. The van der Waals surface area contributed by atoms with E-state index in [4.69, 9.17) is 17.0 Å². The van der Waals surface area contributed by atoms with Crippen molar-refractivity contribution in [3.63, 3.8) is 0 Å². The van der Waals surface area contributed by atoms with Gasteiger partial charge < -0.3 is 9.64 Å². The van der Waals surface area contributed by atoms with E-state index in [1.54, 1.807) is 36.4 Å². The Balaban J connectivity index is 1.16. The van der Waals surface area contributed by atoms with E-state index in [0.29, 0.717) is 11.7 Å². The Morgan fingerprint density at radius 2 is 1.27 bits per heavy atom. The van der Waals surface area contributed by atoms with E-state index >= 15 is 0 Å². The van der Waals surface area contributed by atoms with Crippen LogP contribution in [0.2, 0.25) is 0 Å². The molecule has 1 fully saturated rings. The highest BCUT2D eigenvalue weighted by atomic mass is 32.1. The van der Waals surface area contributed by atoms with Crippen LogP contribution in [0.1, 0.15) is 30.1 Å². The summed E-state index contributed by atoms with van der Waals surface area (Å²) >= 11 is 5.48. The molecule has 2 N–H and O–H groups in total. The molecule has 0 aliphatic carbocycles. The Labute approximate surface area is 221 Å². The maximum atomic E-state index is 13.4. The number of piperazine rings is 1. The zero-order valence-corrected chi connectivity index (χ0v) is 21.3. The van der Waals surface area contributed by atoms with Crippen molar-refractivity contribution < 1.29 is 17.9 Å². The second-order valence-electron chi connectivity index (χ2n) is 8.95. The Morgan fingerprint density at radius 3 is 1.81 bits per heavy atom. The predicted molar refractivity (Wildman–Crippen MR) is 144 cm³/mol. The fraction of sp³-hybridized carbons (Fsp3) is 0.321. The number of hydrazine groups is 1. The fourth-order valence-electron chi connectivity index (χ4n) is 4.21. The van der Waals surface area contributed by atoms with Gasteiger partial charge >= 0.3 is 0 Å². The molecule has 1 saturated heterocycles. The van der Waals surface area contributed by atoms with Crippen LogP contribution >= 0.6 is 12.2 Å². The van der Waals surface area contributed by atoms with Crippen LogP contribution in [0.4, 0.5) is 18.9 Å². The van der Waals surface area contributed by atoms with E-state index in [1.165, 1.54) is 36.4 Å². The molecule has 0 unspecified atom stereocenters. The van der Waals surface area contributed by atoms with Gasteiger partial charge in [-0.25, -0.2) is 13.2 Å². The van der Waals surface area contributed by atoms with Gasteiger partial charge in [0, 0.05) is 32.8 Å². The van der Waals surface area contributed by atoms with Gasteiger partial charge in [-0.1, -0.05) is 24.3 Å². The van der Waals surface area contributed by atoms with Gasteiger partial charge in [0.1, 0.15) is 23.6 Å². The van der Waals surface area contributed by atoms with Crippen molar-refractivity contribution in [3.05, 3.63) is 101 Å². The van der Waals surface area contributed by atoms with Crippen LogP contribution in [-0.4, -0.2) is 54.2 Å². The second kappa shape index (κ2) is 13.4. The number of nitrogens with one attached hydrogen (secondary N) is 2. The first-order chi connectivity index (χ1) is 18.0. The zero-order chi connectivity index (χ0) is 26.0. The van der Waals surface area contributed by atoms with Gasteiger partial charge in [0.25, 0.3) is 0 Å². The van der Waals surface area contributed by atoms with Crippen molar-refractivity contribution in [2.75, 3.05) is 44.8 Å². The summed E-state index contributed by atoms with van der Waals surface area (Å²) in [7, 11) is 0. The van der Waals surface area contributed by atoms with E-state index < -0.39 is 0 Å².